The van der Waals surface area contributed by atoms with Gasteiger partial charge in [0.15, 0.2) is 0 Å². The molecule has 0 amide bonds. The van der Waals surface area contributed by atoms with E-state index in [0.717, 1.165) is 24.4 Å². The summed E-state index contributed by atoms with van der Waals surface area (Å²) in [4.78, 5) is 0. The summed E-state index contributed by atoms with van der Waals surface area (Å²) in [6, 6.07) is 0.793. The third kappa shape index (κ3) is 2.78. The second kappa shape index (κ2) is 3.99. The number of hydrogen-bond donors (Lipinski definition) is 2. The second-order valence-electron chi connectivity index (χ2n) is 7.19. The van der Waals surface area contributed by atoms with Crippen LogP contribution in [0.1, 0.15) is 53.4 Å². The summed E-state index contributed by atoms with van der Waals surface area (Å²) in [7, 11) is 0. The van der Waals surface area contributed by atoms with Crippen LogP contribution in [0.15, 0.2) is 0 Å². The highest BCUT2D eigenvalue weighted by Gasteiger charge is 2.42. The quantitative estimate of drug-likeness (QED) is 0.727. The standard InChI is InChI=1S/C14H28N2/c1-13(2,14(3,4)15)9-16-12(10-5-6-10)11-7-8-11/h10-12,16H,5-9,15H2,1-4H3. The van der Waals surface area contributed by atoms with Gasteiger partial charge in [-0.2, -0.15) is 0 Å². The zero-order valence-corrected chi connectivity index (χ0v) is 11.3. The molecule has 0 aromatic carbocycles. The van der Waals surface area contributed by atoms with Gasteiger partial charge < -0.3 is 11.1 Å². The van der Waals surface area contributed by atoms with Crippen molar-refractivity contribution < 1.29 is 0 Å². The fourth-order valence-corrected chi connectivity index (χ4v) is 2.23. The van der Waals surface area contributed by atoms with E-state index >= 15 is 0 Å². The highest BCUT2D eigenvalue weighted by molar-refractivity contribution is 4.99. The van der Waals surface area contributed by atoms with Gasteiger partial charge in [0.1, 0.15) is 0 Å². The van der Waals surface area contributed by atoms with E-state index in [4.69, 9.17) is 5.73 Å². The third-order valence-corrected chi connectivity index (χ3v) is 4.78. The van der Waals surface area contributed by atoms with Crippen molar-refractivity contribution in [3.63, 3.8) is 0 Å². The van der Waals surface area contributed by atoms with Crippen LogP contribution < -0.4 is 11.1 Å². The number of nitrogens with one attached hydrogen (secondary N) is 1. The molecular weight excluding hydrogens is 196 g/mol. The van der Waals surface area contributed by atoms with E-state index in [9.17, 15) is 0 Å². The van der Waals surface area contributed by atoms with E-state index in [1.807, 2.05) is 0 Å². The molecular formula is C14H28N2. The summed E-state index contributed by atoms with van der Waals surface area (Å²) in [5, 5.41) is 3.81. The highest BCUT2D eigenvalue weighted by Crippen LogP contribution is 2.44. The van der Waals surface area contributed by atoms with Crippen LogP contribution in [0.5, 0.6) is 0 Å². The molecule has 0 aliphatic heterocycles. The Kier molecular flexibility index (Phi) is 3.09. The van der Waals surface area contributed by atoms with Gasteiger partial charge in [-0.1, -0.05) is 13.8 Å². The predicted octanol–water partition coefficient (Wildman–Crippen LogP) is 2.53. The van der Waals surface area contributed by atoms with Gasteiger partial charge in [0.2, 0.25) is 0 Å². The fourth-order valence-electron chi connectivity index (χ4n) is 2.23. The van der Waals surface area contributed by atoms with Crippen molar-refractivity contribution in [3.05, 3.63) is 0 Å². The molecule has 2 heteroatoms. The highest BCUT2D eigenvalue weighted by atomic mass is 15.0. The monoisotopic (exact) mass is 224 g/mol. The van der Waals surface area contributed by atoms with E-state index in [2.05, 4.69) is 33.0 Å². The SMILES string of the molecule is CC(C)(N)C(C)(C)CNC(C1CC1)C1CC1. The van der Waals surface area contributed by atoms with Crippen LogP contribution in [0, 0.1) is 17.3 Å². The van der Waals surface area contributed by atoms with Crippen molar-refractivity contribution in [1.82, 2.24) is 5.32 Å². The first-order chi connectivity index (χ1) is 7.31. The van der Waals surface area contributed by atoms with Gasteiger partial charge in [0.25, 0.3) is 0 Å². The van der Waals surface area contributed by atoms with E-state index in [1.165, 1.54) is 25.7 Å². The van der Waals surface area contributed by atoms with Crippen molar-refractivity contribution in [1.29, 1.82) is 0 Å². The smallest absolute Gasteiger partial charge is 0.0161 e. The van der Waals surface area contributed by atoms with Crippen LogP contribution in [0.2, 0.25) is 0 Å². The van der Waals surface area contributed by atoms with Gasteiger partial charge in [-0.25, -0.2) is 0 Å². The lowest BCUT2D eigenvalue weighted by molar-refractivity contribution is 0.182. The minimum atomic E-state index is -0.113. The van der Waals surface area contributed by atoms with Crippen LogP contribution in [0.4, 0.5) is 0 Å². The zero-order chi connectivity index (χ0) is 12.0. The molecule has 2 fully saturated rings. The van der Waals surface area contributed by atoms with Crippen LogP contribution in [0.3, 0.4) is 0 Å². The van der Waals surface area contributed by atoms with Crippen LogP contribution in [0.25, 0.3) is 0 Å². The molecule has 0 unspecified atom stereocenters. The molecule has 0 aromatic heterocycles. The Morgan fingerprint density at radius 2 is 1.50 bits per heavy atom. The van der Waals surface area contributed by atoms with E-state index < -0.39 is 0 Å². The number of rotatable bonds is 6. The summed E-state index contributed by atoms with van der Waals surface area (Å²) < 4.78 is 0. The minimum absolute atomic E-state index is 0.113. The predicted molar refractivity (Wildman–Crippen MR) is 69.3 cm³/mol. The van der Waals surface area contributed by atoms with Crippen molar-refractivity contribution in [2.45, 2.75) is 65.0 Å². The summed E-state index contributed by atoms with van der Waals surface area (Å²) in [6.45, 7) is 9.87. The molecule has 2 nitrogen and oxygen atoms in total. The van der Waals surface area contributed by atoms with Crippen molar-refractivity contribution >= 4 is 0 Å². The summed E-state index contributed by atoms with van der Waals surface area (Å²) >= 11 is 0. The molecule has 0 saturated heterocycles. The van der Waals surface area contributed by atoms with Crippen LogP contribution in [-0.2, 0) is 0 Å². The lowest BCUT2D eigenvalue weighted by Crippen LogP contribution is -2.54. The maximum absolute atomic E-state index is 6.24. The van der Waals surface area contributed by atoms with Crippen molar-refractivity contribution in [3.8, 4) is 0 Å². The first-order valence-corrected chi connectivity index (χ1v) is 6.83. The minimum Gasteiger partial charge on any atom is -0.325 e. The van der Waals surface area contributed by atoms with Gasteiger partial charge in [0, 0.05) is 18.1 Å². The molecule has 2 saturated carbocycles. The van der Waals surface area contributed by atoms with Gasteiger partial charge in [-0.15, -0.1) is 0 Å². The molecule has 0 atom stereocenters. The fraction of sp³-hybridized carbons (Fsp3) is 1.00. The first-order valence-electron chi connectivity index (χ1n) is 6.83. The molecule has 2 aliphatic carbocycles. The summed E-state index contributed by atoms with van der Waals surface area (Å²) in [5.41, 5.74) is 6.29. The van der Waals surface area contributed by atoms with Crippen LogP contribution >= 0.6 is 0 Å². The van der Waals surface area contributed by atoms with E-state index in [0.29, 0.717) is 0 Å². The maximum atomic E-state index is 6.24. The third-order valence-electron chi connectivity index (χ3n) is 4.78. The Morgan fingerprint density at radius 1 is 1.06 bits per heavy atom. The number of hydrogen-bond acceptors (Lipinski definition) is 2. The molecule has 0 bridgehead atoms. The Morgan fingerprint density at radius 3 is 1.81 bits per heavy atom. The molecule has 2 aliphatic rings. The van der Waals surface area contributed by atoms with E-state index in [1.54, 1.807) is 0 Å². The molecule has 0 spiro atoms. The molecule has 2 rings (SSSR count). The Bertz CT molecular complexity index is 232. The average Bonchev–Trinajstić information content (AvgIpc) is 2.98. The average molecular weight is 224 g/mol. The molecule has 94 valence electrons. The van der Waals surface area contributed by atoms with Gasteiger partial charge >= 0.3 is 0 Å². The largest absolute Gasteiger partial charge is 0.325 e. The lowest BCUT2D eigenvalue weighted by atomic mass is 9.75. The maximum Gasteiger partial charge on any atom is 0.0161 e. The number of nitrogens with two attached hydrogens (primary N) is 1. The first kappa shape index (κ1) is 12.4. The van der Waals surface area contributed by atoms with Crippen molar-refractivity contribution in [2.24, 2.45) is 23.0 Å². The van der Waals surface area contributed by atoms with Gasteiger partial charge in [-0.05, 0) is 56.8 Å². The molecule has 0 radical (unpaired) electrons. The Balaban J connectivity index is 1.85. The Labute approximate surface area is 100 Å². The van der Waals surface area contributed by atoms with E-state index in [-0.39, 0.29) is 11.0 Å². The van der Waals surface area contributed by atoms with Gasteiger partial charge in [-0.3, -0.25) is 0 Å². The van der Waals surface area contributed by atoms with Gasteiger partial charge in [0.05, 0.1) is 0 Å². The lowest BCUT2D eigenvalue weighted by Gasteiger charge is -2.40. The normalized spacial score (nSPS) is 22.9. The molecule has 16 heavy (non-hydrogen) atoms. The molecule has 0 aromatic rings. The van der Waals surface area contributed by atoms with Crippen LogP contribution in [-0.4, -0.2) is 18.1 Å². The summed E-state index contributed by atoms with van der Waals surface area (Å²) in [6.07, 6.45) is 5.78. The molecule has 0 heterocycles. The van der Waals surface area contributed by atoms with Crippen molar-refractivity contribution in [2.75, 3.05) is 6.54 Å². The topological polar surface area (TPSA) is 38.0 Å². The second-order valence-corrected chi connectivity index (χ2v) is 7.19. The Hall–Kier alpha value is -0.0800. The summed E-state index contributed by atoms with van der Waals surface area (Å²) in [5.74, 6) is 1.95. The zero-order valence-electron chi connectivity index (χ0n) is 11.3. The molecule has 3 N–H and O–H groups in total.